The van der Waals surface area contributed by atoms with Crippen LogP contribution in [0, 0.1) is 0 Å². The lowest BCUT2D eigenvalue weighted by Crippen LogP contribution is -2.61. The van der Waals surface area contributed by atoms with Gasteiger partial charge in [-0.25, -0.2) is 4.79 Å². The third kappa shape index (κ3) is 16.4. The van der Waals surface area contributed by atoms with E-state index in [2.05, 4.69) is 26.6 Å². The second kappa shape index (κ2) is 22.6. The van der Waals surface area contributed by atoms with Crippen LogP contribution >= 0.6 is 0 Å². The highest BCUT2D eigenvalue weighted by molar-refractivity contribution is 5.96. The van der Waals surface area contributed by atoms with E-state index < -0.39 is 90.4 Å². The molecular weight excluding hydrogens is 610 g/mol. The first-order chi connectivity index (χ1) is 21.6. The Hall–Kier alpha value is -3.91. The first kappa shape index (κ1) is 42.1. The van der Waals surface area contributed by atoms with E-state index in [1.807, 2.05) is 0 Å². The summed E-state index contributed by atoms with van der Waals surface area (Å²) in [6.45, 7) is 2.25. The van der Waals surface area contributed by atoms with E-state index in [0.717, 1.165) is 0 Å². The predicted molar refractivity (Wildman–Crippen MR) is 164 cm³/mol. The van der Waals surface area contributed by atoms with Gasteiger partial charge in [0, 0.05) is 6.42 Å². The number of unbranched alkanes of at least 4 members (excludes halogenated alkanes) is 2. The van der Waals surface area contributed by atoms with Crippen molar-refractivity contribution in [2.75, 3.05) is 19.7 Å². The molecule has 0 bridgehead atoms. The van der Waals surface area contributed by atoms with Crippen LogP contribution in [0.15, 0.2) is 0 Å². The van der Waals surface area contributed by atoms with Gasteiger partial charge in [0.25, 0.3) is 0 Å². The van der Waals surface area contributed by atoms with Crippen LogP contribution in [-0.4, -0.2) is 119 Å². The highest BCUT2D eigenvalue weighted by Gasteiger charge is 2.33. The maximum Gasteiger partial charge on any atom is 0.326 e. The molecule has 0 aliphatic carbocycles. The molecule has 0 aromatic heterocycles. The fraction of sp³-hybridized carbons (Fsp3) is 0.741. The summed E-state index contributed by atoms with van der Waals surface area (Å²) in [4.78, 5) is 87.0. The van der Waals surface area contributed by atoms with Crippen molar-refractivity contribution in [1.29, 1.82) is 0 Å². The summed E-state index contributed by atoms with van der Waals surface area (Å²) in [6, 6.07) is -8.15. The molecule has 0 heterocycles. The van der Waals surface area contributed by atoms with Gasteiger partial charge < -0.3 is 64.8 Å². The van der Waals surface area contributed by atoms with E-state index in [0.29, 0.717) is 25.7 Å². The van der Waals surface area contributed by atoms with Gasteiger partial charge in [0.1, 0.15) is 30.2 Å². The number of carbonyl (C=O) groups excluding carboxylic acids is 6. The molecule has 0 saturated carbocycles. The number of primary amides is 1. The van der Waals surface area contributed by atoms with Crippen LogP contribution in [-0.2, 0) is 33.6 Å². The molecule has 0 aliphatic heterocycles. The monoisotopic (exact) mass is 661 g/mol. The van der Waals surface area contributed by atoms with Crippen molar-refractivity contribution in [1.82, 2.24) is 26.6 Å². The van der Waals surface area contributed by atoms with E-state index in [1.54, 1.807) is 0 Å². The normalized spacial score (nSPS) is 15.5. The topological polar surface area (TPSA) is 344 Å². The molecular formula is C27H51N9O10. The Kier molecular flexibility index (Phi) is 20.7. The summed E-state index contributed by atoms with van der Waals surface area (Å²) in [5.74, 6) is -6.63. The first-order valence-corrected chi connectivity index (χ1v) is 15.1. The fourth-order valence-electron chi connectivity index (χ4n) is 4.03. The largest absolute Gasteiger partial charge is 0.480 e. The lowest BCUT2D eigenvalue weighted by atomic mass is 10.0. The molecule has 0 aliphatic rings. The number of carbonyl (C=O) groups is 7. The zero-order valence-corrected chi connectivity index (χ0v) is 26.3. The standard InChI is InChI=1S/C27H51N9O10/c1-14(30)22(40)36-21(15(2)38)26(44)33-17(8-4-6-12-29)24(42)35-19(13-37)25(43)32-16(7-3-5-11-28)23(41)34-18(27(45)46)9-10-20(31)39/h14-19,21,37-38H,3-13,28-30H2,1-2H3,(H2,31,39)(H,32,43)(H,33,44)(H,34,41)(H,35,42)(H,36,40)(H,45,46). The van der Waals surface area contributed by atoms with Gasteiger partial charge in [0.15, 0.2) is 0 Å². The minimum atomic E-state index is -1.61. The quantitative estimate of drug-likeness (QED) is 0.0431. The van der Waals surface area contributed by atoms with Crippen LogP contribution in [0.1, 0.15) is 65.2 Å². The number of nitrogens with two attached hydrogens (primary N) is 4. The Labute approximate surface area is 267 Å². The summed E-state index contributed by atoms with van der Waals surface area (Å²) >= 11 is 0. The number of amides is 6. The minimum Gasteiger partial charge on any atom is -0.480 e. The SMILES string of the molecule is CC(N)C(=O)NC(C(=O)NC(CCCCN)C(=O)NC(CO)C(=O)NC(CCCCN)C(=O)NC(CCC(N)=O)C(=O)O)C(C)O. The lowest BCUT2D eigenvalue weighted by molar-refractivity contribution is -0.142. The van der Waals surface area contributed by atoms with Crippen molar-refractivity contribution in [2.24, 2.45) is 22.9 Å². The molecule has 16 N–H and O–H groups in total. The summed E-state index contributed by atoms with van der Waals surface area (Å²) in [7, 11) is 0. The number of carboxylic acid groups (broad SMARTS) is 1. The molecule has 0 fully saturated rings. The zero-order chi connectivity index (χ0) is 35.4. The molecule has 7 atom stereocenters. The fourth-order valence-corrected chi connectivity index (χ4v) is 4.03. The maximum absolute atomic E-state index is 13.2. The van der Waals surface area contributed by atoms with E-state index in [1.165, 1.54) is 13.8 Å². The van der Waals surface area contributed by atoms with Gasteiger partial charge in [-0.2, -0.15) is 0 Å². The molecule has 264 valence electrons. The molecule has 0 saturated heterocycles. The smallest absolute Gasteiger partial charge is 0.326 e. The van der Waals surface area contributed by atoms with Crippen molar-refractivity contribution in [3.63, 3.8) is 0 Å². The molecule has 0 aromatic rings. The minimum absolute atomic E-state index is 0.0225. The third-order valence-corrected chi connectivity index (χ3v) is 6.75. The first-order valence-electron chi connectivity index (χ1n) is 15.1. The Morgan fingerprint density at radius 1 is 0.630 bits per heavy atom. The van der Waals surface area contributed by atoms with Crippen LogP contribution in [0.3, 0.4) is 0 Å². The van der Waals surface area contributed by atoms with Gasteiger partial charge in [0.05, 0.1) is 18.8 Å². The molecule has 0 rings (SSSR count). The van der Waals surface area contributed by atoms with Gasteiger partial charge in [-0.3, -0.25) is 28.8 Å². The number of aliphatic hydroxyl groups is 2. The number of rotatable bonds is 24. The van der Waals surface area contributed by atoms with Gasteiger partial charge in [-0.1, -0.05) is 0 Å². The number of hydrogen-bond donors (Lipinski definition) is 12. The van der Waals surface area contributed by atoms with Crippen LogP contribution in [0.2, 0.25) is 0 Å². The van der Waals surface area contributed by atoms with Crippen molar-refractivity contribution in [2.45, 2.75) is 108 Å². The Morgan fingerprint density at radius 3 is 1.46 bits per heavy atom. The maximum atomic E-state index is 13.2. The second-order valence-corrected chi connectivity index (χ2v) is 10.9. The van der Waals surface area contributed by atoms with Crippen molar-refractivity contribution in [3.8, 4) is 0 Å². The highest BCUT2D eigenvalue weighted by atomic mass is 16.4. The van der Waals surface area contributed by atoms with E-state index in [-0.39, 0.29) is 38.8 Å². The van der Waals surface area contributed by atoms with E-state index in [4.69, 9.17) is 22.9 Å². The molecule has 6 amide bonds. The number of aliphatic hydroxyl groups excluding tert-OH is 2. The predicted octanol–water partition coefficient (Wildman–Crippen LogP) is -5.26. The Bertz CT molecular complexity index is 1030. The van der Waals surface area contributed by atoms with Crippen molar-refractivity contribution < 1.29 is 48.9 Å². The Balaban J connectivity index is 5.85. The summed E-state index contributed by atoms with van der Waals surface area (Å²) in [5, 5.41) is 41.1. The average Bonchev–Trinajstić information content (AvgIpc) is 2.98. The van der Waals surface area contributed by atoms with Crippen molar-refractivity contribution in [3.05, 3.63) is 0 Å². The number of nitrogens with one attached hydrogen (secondary N) is 5. The van der Waals surface area contributed by atoms with Gasteiger partial charge in [-0.15, -0.1) is 0 Å². The lowest BCUT2D eigenvalue weighted by Gasteiger charge is -2.27. The van der Waals surface area contributed by atoms with Gasteiger partial charge in [-0.05, 0) is 71.9 Å². The highest BCUT2D eigenvalue weighted by Crippen LogP contribution is 2.07. The van der Waals surface area contributed by atoms with Crippen LogP contribution < -0.4 is 49.5 Å². The van der Waals surface area contributed by atoms with Crippen LogP contribution in [0.25, 0.3) is 0 Å². The summed E-state index contributed by atoms with van der Waals surface area (Å²) in [5.41, 5.74) is 21.7. The molecule has 0 radical (unpaired) electrons. The molecule has 0 spiro atoms. The Morgan fingerprint density at radius 2 is 1.07 bits per heavy atom. The van der Waals surface area contributed by atoms with Crippen LogP contribution in [0.5, 0.6) is 0 Å². The summed E-state index contributed by atoms with van der Waals surface area (Å²) in [6.07, 6.45) is -0.276. The molecule has 0 aromatic carbocycles. The average molecular weight is 662 g/mol. The number of carboxylic acids is 1. The molecule has 46 heavy (non-hydrogen) atoms. The van der Waals surface area contributed by atoms with Crippen molar-refractivity contribution >= 4 is 41.4 Å². The number of aliphatic carboxylic acids is 1. The zero-order valence-electron chi connectivity index (χ0n) is 26.3. The molecule has 7 unspecified atom stereocenters. The second-order valence-electron chi connectivity index (χ2n) is 10.9. The number of hydrogen-bond acceptors (Lipinski definition) is 12. The van der Waals surface area contributed by atoms with E-state index >= 15 is 0 Å². The van der Waals surface area contributed by atoms with Crippen LogP contribution in [0.4, 0.5) is 0 Å². The third-order valence-electron chi connectivity index (χ3n) is 6.75. The van der Waals surface area contributed by atoms with Gasteiger partial charge >= 0.3 is 5.97 Å². The molecule has 19 heteroatoms. The summed E-state index contributed by atoms with van der Waals surface area (Å²) < 4.78 is 0. The molecule has 19 nitrogen and oxygen atoms in total. The van der Waals surface area contributed by atoms with Gasteiger partial charge in [0.2, 0.25) is 35.4 Å². The van der Waals surface area contributed by atoms with E-state index in [9.17, 15) is 48.9 Å².